The van der Waals surface area contributed by atoms with Crippen LogP contribution in [0.15, 0.2) is 14.3 Å². The monoisotopic (exact) mass is 341 g/mol. The lowest BCUT2D eigenvalue weighted by atomic mass is 10.2. The molecule has 0 aliphatic rings. The maximum Gasteiger partial charge on any atom is 0.0843 e. The molecular formula is C9H13Br2NOS. The van der Waals surface area contributed by atoms with E-state index in [1.54, 1.807) is 11.3 Å². The number of nitrogens with one attached hydrogen (secondary N) is 1. The topological polar surface area (TPSA) is 32.3 Å². The second kappa shape index (κ2) is 6.23. The molecule has 0 aliphatic carbocycles. The summed E-state index contributed by atoms with van der Waals surface area (Å²) < 4.78 is 2.21. The molecule has 2 nitrogen and oxygen atoms in total. The average Bonchev–Trinajstić information content (AvgIpc) is 2.48. The normalized spacial score (nSPS) is 13.1. The molecule has 0 saturated heterocycles. The molecule has 0 radical (unpaired) electrons. The summed E-state index contributed by atoms with van der Waals surface area (Å²) in [5.74, 6) is 0. The van der Waals surface area contributed by atoms with Crippen LogP contribution in [0.3, 0.4) is 0 Å². The first-order valence-corrected chi connectivity index (χ1v) is 6.85. The van der Waals surface area contributed by atoms with Gasteiger partial charge in [-0.25, -0.2) is 0 Å². The van der Waals surface area contributed by atoms with Gasteiger partial charge in [0.1, 0.15) is 0 Å². The van der Waals surface area contributed by atoms with Gasteiger partial charge in [0.15, 0.2) is 0 Å². The molecule has 0 fully saturated rings. The largest absolute Gasteiger partial charge is 0.395 e. The number of hydrogen-bond acceptors (Lipinski definition) is 3. The van der Waals surface area contributed by atoms with Crippen LogP contribution in [0.4, 0.5) is 0 Å². The van der Waals surface area contributed by atoms with E-state index in [1.807, 2.05) is 0 Å². The molecule has 1 heterocycles. The van der Waals surface area contributed by atoms with E-state index in [0.717, 1.165) is 21.2 Å². The van der Waals surface area contributed by atoms with E-state index in [4.69, 9.17) is 5.11 Å². The first-order valence-electron chi connectivity index (χ1n) is 4.45. The molecule has 80 valence electrons. The van der Waals surface area contributed by atoms with Crippen molar-refractivity contribution in [1.82, 2.24) is 5.32 Å². The molecule has 14 heavy (non-hydrogen) atoms. The summed E-state index contributed by atoms with van der Waals surface area (Å²) in [6.07, 6.45) is 0.949. The summed E-state index contributed by atoms with van der Waals surface area (Å²) in [5.41, 5.74) is 0. The zero-order valence-corrected chi connectivity index (χ0v) is 11.9. The van der Waals surface area contributed by atoms with Crippen molar-refractivity contribution in [3.05, 3.63) is 19.2 Å². The van der Waals surface area contributed by atoms with Crippen LogP contribution in [0, 0.1) is 0 Å². The van der Waals surface area contributed by atoms with Gasteiger partial charge in [-0.2, -0.15) is 0 Å². The Morgan fingerprint density at radius 1 is 1.57 bits per heavy atom. The third-order valence-electron chi connectivity index (χ3n) is 1.97. The van der Waals surface area contributed by atoms with E-state index in [-0.39, 0.29) is 12.6 Å². The maximum atomic E-state index is 8.99. The highest BCUT2D eigenvalue weighted by Crippen LogP contribution is 2.32. The molecule has 1 unspecified atom stereocenters. The van der Waals surface area contributed by atoms with Crippen LogP contribution in [0.1, 0.15) is 18.2 Å². The van der Waals surface area contributed by atoms with Gasteiger partial charge in [0.25, 0.3) is 0 Å². The lowest BCUT2D eigenvalue weighted by Crippen LogP contribution is -2.30. The predicted molar refractivity (Wildman–Crippen MR) is 67.7 cm³/mol. The highest BCUT2D eigenvalue weighted by molar-refractivity contribution is 9.13. The molecular weight excluding hydrogens is 330 g/mol. The fourth-order valence-corrected chi connectivity index (χ4v) is 3.19. The quantitative estimate of drug-likeness (QED) is 0.861. The van der Waals surface area contributed by atoms with Crippen LogP contribution in [-0.2, 0) is 6.54 Å². The highest BCUT2D eigenvalue weighted by Gasteiger charge is 2.07. The molecule has 5 heteroatoms. The zero-order valence-electron chi connectivity index (χ0n) is 7.89. The van der Waals surface area contributed by atoms with Crippen LogP contribution in [0.5, 0.6) is 0 Å². The van der Waals surface area contributed by atoms with Crippen molar-refractivity contribution < 1.29 is 5.11 Å². The van der Waals surface area contributed by atoms with Gasteiger partial charge in [0.05, 0.1) is 10.4 Å². The minimum Gasteiger partial charge on any atom is -0.395 e. The summed E-state index contributed by atoms with van der Waals surface area (Å²) in [4.78, 5) is 1.26. The van der Waals surface area contributed by atoms with E-state index >= 15 is 0 Å². The van der Waals surface area contributed by atoms with Crippen LogP contribution in [0.2, 0.25) is 0 Å². The molecule has 1 rings (SSSR count). The van der Waals surface area contributed by atoms with E-state index in [2.05, 4.69) is 50.2 Å². The second-order valence-corrected chi connectivity index (χ2v) is 6.31. The molecule has 1 atom stereocenters. The Labute approximate surface area is 105 Å². The SMILES string of the molecule is CCC(CO)NCc1cc(Br)c(Br)s1. The number of thiophene rings is 1. The van der Waals surface area contributed by atoms with Crippen LogP contribution < -0.4 is 5.32 Å². The summed E-state index contributed by atoms with van der Waals surface area (Å²) in [5, 5.41) is 12.3. The summed E-state index contributed by atoms with van der Waals surface area (Å²) in [6, 6.07) is 2.29. The molecule has 1 aromatic rings. The number of hydrogen-bond donors (Lipinski definition) is 2. The van der Waals surface area contributed by atoms with Gasteiger partial charge in [-0.1, -0.05) is 6.92 Å². The molecule has 0 aromatic carbocycles. The van der Waals surface area contributed by atoms with Gasteiger partial charge in [0, 0.05) is 21.9 Å². The van der Waals surface area contributed by atoms with Crippen LogP contribution in [0.25, 0.3) is 0 Å². The fraction of sp³-hybridized carbons (Fsp3) is 0.556. The Morgan fingerprint density at radius 3 is 2.71 bits per heavy atom. The highest BCUT2D eigenvalue weighted by atomic mass is 79.9. The smallest absolute Gasteiger partial charge is 0.0843 e. The third-order valence-corrected chi connectivity index (χ3v) is 5.23. The summed E-state index contributed by atoms with van der Waals surface area (Å²) >= 11 is 8.60. The van der Waals surface area contributed by atoms with Gasteiger partial charge in [-0.15, -0.1) is 11.3 Å². The van der Waals surface area contributed by atoms with Crippen molar-refractivity contribution >= 4 is 43.2 Å². The van der Waals surface area contributed by atoms with Crippen LogP contribution >= 0.6 is 43.2 Å². The van der Waals surface area contributed by atoms with Crippen molar-refractivity contribution in [2.45, 2.75) is 25.9 Å². The number of halogens is 2. The van der Waals surface area contributed by atoms with Crippen molar-refractivity contribution in [2.24, 2.45) is 0 Å². The van der Waals surface area contributed by atoms with E-state index in [9.17, 15) is 0 Å². The number of aliphatic hydroxyl groups is 1. The van der Waals surface area contributed by atoms with Crippen molar-refractivity contribution in [3.8, 4) is 0 Å². The predicted octanol–water partition coefficient (Wildman–Crippen LogP) is 3.13. The number of aliphatic hydroxyl groups excluding tert-OH is 1. The Hall–Kier alpha value is 0.580. The minimum absolute atomic E-state index is 0.199. The Balaban J connectivity index is 2.45. The van der Waals surface area contributed by atoms with E-state index in [1.165, 1.54) is 4.88 Å². The summed E-state index contributed by atoms with van der Waals surface area (Å²) in [6.45, 7) is 3.08. The van der Waals surface area contributed by atoms with Gasteiger partial charge in [-0.05, 0) is 44.3 Å². The van der Waals surface area contributed by atoms with Gasteiger partial charge in [-0.3, -0.25) is 0 Å². The van der Waals surface area contributed by atoms with E-state index < -0.39 is 0 Å². The van der Waals surface area contributed by atoms with Crippen molar-refractivity contribution in [3.63, 3.8) is 0 Å². The molecule has 1 aromatic heterocycles. The molecule has 2 N–H and O–H groups in total. The van der Waals surface area contributed by atoms with Crippen molar-refractivity contribution in [1.29, 1.82) is 0 Å². The first-order chi connectivity index (χ1) is 6.67. The molecule has 0 aliphatic heterocycles. The van der Waals surface area contributed by atoms with Gasteiger partial charge in [0.2, 0.25) is 0 Å². The van der Waals surface area contributed by atoms with E-state index in [0.29, 0.717) is 0 Å². The Bertz CT molecular complexity index is 267. The second-order valence-electron chi connectivity index (χ2n) is 3.00. The molecule has 0 amide bonds. The molecule has 0 spiro atoms. The van der Waals surface area contributed by atoms with Gasteiger partial charge >= 0.3 is 0 Å². The minimum atomic E-state index is 0.199. The Kier molecular flexibility index (Phi) is 5.62. The van der Waals surface area contributed by atoms with Gasteiger partial charge < -0.3 is 10.4 Å². The lowest BCUT2D eigenvalue weighted by Gasteiger charge is -2.12. The lowest BCUT2D eigenvalue weighted by molar-refractivity contribution is 0.238. The average molecular weight is 343 g/mol. The summed E-state index contributed by atoms with van der Waals surface area (Å²) in [7, 11) is 0. The number of rotatable bonds is 5. The third kappa shape index (κ3) is 3.62. The standard InChI is InChI=1S/C9H13Br2NOS/c1-2-6(5-13)12-4-7-3-8(10)9(11)14-7/h3,6,12-13H,2,4-5H2,1H3. The first kappa shape index (κ1) is 12.6. The zero-order chi connectivity index (χ0) is 10.6. The van der Waals surface area contributed by atoms with Crippen molar-refractivity contribution in [2.75, 3.05) is 6.61 Å². The Morgan fingerprint density at radius 2 is 2.29 bits per heavy atom. The maximum absolute atomic E-state index is 8.99. The molecule has 0 saturated carbocycles. The molecule has 0 bridgehead atoms. The van der Waals surface area contributed by atoms with Crippen LogP contribution in [-0.4, -0.2) is 17.8 Å². The fourth-order valence-electron chi connectivity index (χ4n) is 1.06.